The number of para-hydroxylation sites is 1. The van der Waals surface area contributed by atoms with Crippen LogP contribution in [0.2, 0.25) is 5.02 Å². The number of benzene rings is 2. The molecule has 3 aromatic rings. The van der Waals surface area contributed by atoms with Crippen molar-refractivity contribution < 1.29 is 18.7 Å². The second-order valence-corrected chi connectivity index (χ2v) is 9.43. The van der Waals surface area contributed by atoms with Gasteiger partial charge in [0.25, 0.3) is 5.91 Å². The van der Waals surface area contributed by atoms with E-state index in [1.807, 2.05) is 48.3 Å². The van der Waals surface area contributed by atoms with Crippen LogP contribution in [-0.4, -0.2) is 48.7 Å². The lowest BCUT2D eigenvalue weighted by atomic mass is 9.84. The van der Waals surface area contributed by atoms with Crippen molar-refractivity contribution in [2.45, 2.75) is 31.8 Å². The first kappa shape index (κ1) is 22.8. The van der Waals surface area contributed by atoms with Crippen LogP contribution in [0, 0.1) is 5.92 Å². The van der Waals surface area contributed by atoms with Crippen molar-refractivity contribution in [2.24, 2.45) is 5.92 Å². The van der Waals surface area contributed by atoms with E-state index in [0.717, 1.165) is 60.1 Å². The summed E-state index contributed by atoms with van der Waals surface area (Å²) < 4.78 is 16.6. The molecule has 0 bridgehead atoms. The molecule has 0 spiro atoms. The van der Waals surface area contributed by atoms with Crippen molar-refractivity contribution in [3.05, 3.63) is 82.8 Å². The van der Waals surface area contributed by atoms with Crippen molar-refractivity contribution in [2.75, 3.05) is 26.9 Å². The number of rotatable bonds is 7. The summed E-state index contributed by atoms with van der Waals surface area (Å²) in [6.07, 6.45) is 4.25. The minimum absolute atomic E-state index is 0.0253. The molecule has 1 amide bonds. The third-order valence-electron chi connectivity index (χ3n) is 6.99. The standard InChI is InChI=1S/C27H29ClN2O4/c1-29(27(31)25-10-5-15-32-25)23(16-20-6-2-3-8-22(20)28)19-11-13-30(14-12-19)17-21-7-4-9-24-26(21)34-18-33-24/h2-10,15,19,23H,11-14,16-18H2,1H3/t23-/m1/s1. The number of halogens is 1. The van der Waals surface area contributed by atoms with Gasteiger partial charge in [0.2, 0.25) is 6.79 Å². The van der Waals surface area contributed by atoms with E-state index in [-0.39, 0.29) is 18.7 Å². The molecule has 1 fully saturated rings. The Morgan fingerprint density at radius 2 is 1.85 bits per heavy atom. The maximum Gasteiger partial charge on any atom is 0.289 e. The first-order chi connectivity index (χ1) is 16.6. The molecule has 6 nitrogen and oxygen atoms in total. The van der Waals surface area contributed by atoms with Gasteiger partial charge in [0, 0.05) is 30.2 Å². The summed E-state index contributed by atoms with van der Waals surface area (Å²) in [6.45, 7) is 3.03. The number of carbonyl (C=O) groups excluding carboxylic acids is 1. The molecule has 0 N–H and O–H groups in total. The van der Waals surface area contributed by atoms with E-state index in [9.17, 15) is 4.79 Å². The topological polar surface area (TPSA) is 55.2 Å². The number of likely N-dealkylation sites (tertiary alicyclic amines) is 1. The van der Waals surface area contributed by atoms with Gasteiger partial charge >= 0.3 is 0 Å². The molecule has 1 saturated heterocycles. The van der Waals surface area contributed by atoms with Gasteiger partial charge in [-0.1, -0.05) is 41.9 Å². The predicted octanol–water partition coefficient (Wildman–Crippen LogP) is 5.26. The fourth-order valence-corrected chi connectivity index (χ4v) is 5.30. The van der Waals surface area contributed by atoms with Crippen LogP contribution in [0.25, 0.3) is 0 Å². The highest BCUT2D eigenvalue weighted by atomic mass is 35.5. The molecule has 178 valence electrons. The van der Waals surface area contributed by atoms with E-state index in [0.29, 0.717) is 18.1 Å². The van der Waals surface area contributed by atoms with Gasteiger partial charge in [-0.3, -0.25) is 9.69 Å². The maximum atomic E-state index is 13.1. The van der Waals surface area contributed by atoms with Crippen molar-refractivity contribution in [3.8, 4) is 11.5 Å². The normalized spacial score (nSPS) is 17.0. The quantitative estimate of drug-likeness (QED) is 0.462. The van der Waals surface area contributed by atoms with Crippen molar-refractivity contribution in [1.29, 1.82) is 0 Å². The van der Waals surface area contributed by atoms with Crippen LogP contribution in [0.4, 0.5) is 0 Å². The maximum absolute atomic E-state index is 13.1. The van der Waals surface area contributed by atoms with Crippen LogP contribution in [0.3, 0.4) is 0 Å². The number of hydrogen-bond donors (Lipinski definition) is 0. The van der Waals surface area contributed by atoms with Crippen molar-refractivity contribution >= 4 is 17.5 Å². The highest BCUT2D eigenvalue weighted by Crippen LogP contribution is 2.37. The molecule has 1 aromatic heterocycles. The molecule has 2 aliphatic rings. The Morgan fingerprint density at radius 3 is 2.62 bits per heavy atom. The third-order valence-corrected chi connectivity index (χ3v) is 7.35. The van der Waals surface area contributed by atoms with Gasteiger partial charge in [0.15, 0.2) is 17.3 Å². The Hall–Kier alpha value is -2.96. The molecule has 7 heteroatoms. The zero-order valence-corrected chi connectivity index (χ0v) is 20.0. The minimum atomic E-state index is -0.0959. The molecule has 2 aliphatic heterocycles. The minimum Gasteiger partial charge on any atom is -0.459 e. The number of piperidine rings is 1. The first-order valence-corrected chi connectivity index (χ1v) is 12.1. The predicted molar refractivity (Wildman–Crippen MR) is 130 cm³/mol. The Kier molecular flexibility index (Phi) is 6.79. The lowest BCUT2D eigenvalue weighted by molar-refractivity contribution is 0.0555. The average Bonchev–Trinajstić information content (AvgIpc) is 3.56. The first-order valence-electron chi connectivity index (χ1n) is 11.7. The summed E-state index contributed by atoms with van der Waals surface area (Å²) in [5.74, 6) is 2.32. The monoisotopic (exact) mass is 480 g/mol. The Morgan fingerprint density at radius 1 is 1.06 bits per heavy atom. The molecule has 5 rings (SSSR count). The second-order valence-electron chi connectivity index (χ2n) is 9.02. The molecule has 2 aromatic carbocycles. The van der Waals surface area contributed by atoms with Crippen LogP contribution < -0.4 is 9.47 Å². The van der Waals surface area contributed by atoms with Gasteiger partial charge in [-0.05, 0) is 68.1 Å². The summed E-state index contributed by atoms with van der Waals surface area (Å²) in [6, 6.07) is 17.5. The number of likely N-dealkylation sites (N-methyl/N-ethyl adjacent to an activating group) is 1. The van der Waals surface area contributed by atoms with Gasteiger partial charge < -0.3 is 18.8 Å². The summed E-state index contributed by atoms with van der Waals surface area (Å²) in [7, 11) is 1.88. The van der Waals surface area contributed by atoms with E-state index >= 15 is 0 Å². The summed E-state index contributed by atoms with van der Waals surface area (Å²) in [5, 5.41) is 0.740. The third kappa shape index (κ3) is 4.79. The van der Waals surface area contributed by atoms with Gasteiger partial charge in [0.05, 0.1) is 6.26 Å². The fourth-order valence-electron chi connectivity index (χ4n) is 5.09. The van der Waals surface area contributed by atoms with E-state index in [1.165, 1.54) is 6.26 Å². The lowest BCUT2D eigenvalue weighted by Crippen LogP contribution is -2.47. The van der Waals surface area contributed by atoms with Crippen LogP contribution in [-0.2, 0) is 13.0 Å². The molecule has 0 unspecified atom stereocenters. The number of ether oxygens (including phenoxy) is 2. The number of furan rings is 1. The SMILES string of the molecule is CN(C(=O)c1ccco1)[C@H](Cc1ccccc1Cl)C1CCN(Cc2cccc3c2OCO3)CC1. The Balaban J connectivity index is 1.29. The van der Waals surface area contributed by atoms with E-state index in [1.54, 1.807) is 12.1 Å². The largest absolute Gasteiger partial charge is 0.459 e. The number of carbonyl (C=O) groups is 1. The van der Waals surface area contributed by atoms with Crippen molar-refractivity contribution in [1.82, 2.24) is 9.80 Å². The van der Waals surface area contributed by atoms with E-state index in [2.05, 4.69) is 11.0 Å². The Bertz CT molecular complexity index is 1130. The zero-order chi connectivity index (χ0) is 23.5. The summed E-state index contributed by atoms with van der Waals surface area (Å²) >= 11 is 6.50. The van der Waals surface area contributed by atoms with Gasteiger partial charge in [0.1, 0.15) is 0 Å². The van der Waals surface area contributed by atoms with Gasteiger partial charge in [-0.15, -0.1) is 0 Å². The number of fused-ring (bicyclic) bond motifs is 1. The smallest absolute Gasteiger partial charge is 0.289 e. The zero-order valence-electron chi connectivity index (χ0n) is 19.3. The molecule has 0 radical (unpaired) electrons. The number of amides is 1. The van der Waals surface area contributed by atoms with Gasteiger partial charge in [-0.25, -0.2) is 0 Å². The molecule has 1 atom stereocenters. The van der Waals surface area contributed by atoms with E-state index in [4.69, 9.17) is 25.5 Å². The fraction of sp³-hybridized carbons (Fsp3) is 0.370. The molecule has 34 heavy (non-hydrogen) atoms. The average molecular weight is 481 g/mol. The molecule has 0 aliphatic carbocycles. The van der Waals surface area contributed by atoms with Crippen LogP contribution in [0.1, 0.15) is 34.5 Å². The highest BCUT2D eigenvalue weighted by Gasteiger charge is 2.33. The highest BCUT2D eigenvalue weighted by molar-refractivity contribution is 6.31. The van der Waals surface area contributed by atoms with Crippen LogP contribution >= 0.6 is 11.6 Å². The van der Waals surface area contributed by atoms with Gasteiger partial charge in [-0.2, -0.15) is 0 Å². The summed E-state index contributed by atoms with van der Waals surface area (Å²) in [5.41, 5.74) is 2.22. The second kappa shape index (κ2) is 10.1. The lowest BCUT2D eigenvalue weighted by Gasteiger charge is -2.40. The Labute approximate surface area is 205 Å². The number of hydrogen-bond acceptors (Lipinski definition) is 5. The molecule has 0 saturated carbocycles. The molecular formula is C27H29ClN2O4. The summed E-state index contributed by atoms with van der Waals surface area (Å²) in [4.78, 5) is 17.4. The molecular weight excluding hydrogens is 452 g/mol. The van der Waals surface area contributed by atoms with Crippen molar-refractivity contribution in [3.63, 3.8) is 0 Å². The molecule has 3 heterocycles. The number of nitrogens with zero attached hydrogens (tertiary/aromatic N) is 2. The van der Waals surface area contributed by atoms with Crippen LogP contribution in [0.5, 0.6) is 11.5 Å². The van der Waals surface area contributed by atoms with Crippen LogP contribution in [0.15, 0.2) is 65.3 Å². The van der Waals surface area contributed by atoms with E-state index < -0.39 is 0 Å².